The van der Waals surface area contributed by atoms with Crippen molar-refractivity contribution in [3.05, 3.63) is 56.5 Å². The van der Waals surface area contributed by atoms with Crippen LogP contribution in [0.15, 0.2) is 36.4 Å². The second-order valence-corrected chi connectivity index (χ2v) is 16.3. The molecular weight excluding hydrogens is 858 g/mol. The number of hydrogen-bond acceptors (Lipinski definition) is 10. The smallest absolute Gasteiger partial charge is 0.228 e. The molecule has 2 unspecified atom stereocenters. The third-order valence-corrected chi connectivity index (χ3v) is 11.5. The van der Waals surface area contributed by atoms with E-state index in [1.54, 1.807) is 21.9 Å². The number of anilines is 2. The van der Waals surface area contributed by atoms with Gasteiger partial charge in [0.05, 0.1) is 12.8 Å². The van der Waals surface area contributed by atoms with Gasteiger partial charge >= 0.3 is 0 Å². The first-order valence-electron chi connectivity index (χ1n) is 18.6. The summed E-state index contributed by atoms with van der Waals surface area (Å²) in [7, 11) is 0. The van der Waals surface area contributed by atoms with Gasteiger partial charge in [-0.3, -0.25) is 33.6 Å². The summed E-state index contributed by atoms with van der Waals surface area (Å²) < 4.78 is 0. The molecule has 0 saturated carbocycles. The standard InChI is InChI=1S/C20H24Cl2N4O4.C18H22Cl2N4O3.ClH/c1-13(27)23-12-20(17(28)11-18(29)24-20)3-2-19(30)26-6-4-25(5-7-26)16-9-14(21)8-15(22)10-16;19-12-7-13(20)9-14(8-12)23-3-5-24(6-4-23)17(27)1-2-18(11-21)15(25)10-16(26)22-18;/h8-10H,2-7,11-12H2,1H3,(H,23,27)(H,24,29);7-9H,1-6,10-11,21H2,(H,22,26);1H. The van der Waals surface area contributed by atoms with Crippen molar-refractivity contribution in [3.8, 4) is 0 Å². The van der Waals surface area contributed by atoms with Crippen LogP contribution in [-0.4, -0.2) is 127 Å². The van der Waals surface area contributed by atoms with Gasteiger partial charge in [0.15, 0.2) is 11.6 Å². The lowest BCUT2D eigenvalue weighted by molar-refractivity contribution is -0.133. The highest BCUT2D eigenvalue weighted by molar-refractivity contribution is 6.35. The van der Waals surface area contributed by atoms with Gasteiger partial charge in [-0.1, -0.05) is 46.4 Å². The SMILES string of the molecule is CC(=O)NCC1(CCC(=O)N2CCN(c3cc(Cl)cc(Cl)c3)CC2)NC(=O)CC1=O.Cl.NCC1(CCC(=O)N2CCN(c3cc(Cl)cc(Cl)c3)CC2)NC(=O)CC1=O. The van der Waals surface area contributed by atoms with Gasteiger partial charge in [-0.25, -0.2) is 0 Å². The molecule has 316 valence electrons. The molecular formula is C38H47Cl5N8O7. The fourth-order valence-corrected chi connectivity index (χ4v) is 8.43. The van der Waals surface area contributed by atoms with Gasteiger partial charge in [0.1, 0.15) is 11.1 Å². The number of nitrogens with one attached hydrogen (secondary N) is 3. The van der Waals surface area contributed by atoms with Gasteiger partial charge in [-0.15, -0.1) is 12.4 Å². The summed E-state index contributed by atoms with van der Waals surface area (Å²) in [4.78, 5) is 92.0. The van der Waals surface area contributed by atoms with Crippen LogP contribution >= 0.6 is 58.8 Å². The number of amides is 5. The molecule has 2 aromatic rings. The Hall–Kier alpha value is -3.86. The van der Waals surface area contributed by atoms with E-state index in [0.29, 0.717) is 72.4 Å². The Balaban J connectivity index is 0.000000254. The Labute approximate surface area is 362 Å². The van der Waals surface area contributed by atoms with Crippen molar-refractivity contribution in [2.45, 2.75) is 56.5 Å². The van der Waals surface area contributed by atoms with Gasteiger partial charge in [-0.2, -0.15) is 0 Å². The molecule has 4 aliphatic rings. The maximum Gasteiger partial charge on any atom is 0.228 e. The molecule has 5 amide bonds. The third-order valence-electron chi connectivity index (χ3n) is 10.7. The Kier molecular flexibility index (Phi) is 16.5. The molecule has 0 spiro atoms. The zero-order chi connectivity index (χ0) is 41.5. The second kappa shape index (κ2) is 20.4. The number of halogens is 5. The molecule has 4 saturated heterocycles. The minimum absolute atomic E-state index is 0. The topological polar surface area (TPSA) is 195 Å². The molecule has 6 rings (SSSR count). The lowest BCUT2D eigenvalue weighted by Crippen LogP contribution is -2.55. The molecule has 2 atom stereocenters. The predicted molar refractivity (Wildman–Crippen MR) is 225 cm³/mol. The van der Waals surface area contributed by atoms with E-state index in [0.717, 1.165) is 11.4 Å². The molecule has 4 heterocycles. The molecule has 4 fully saturated rings. The second-order valence-electron chi connectivity index (χ2n) is 14.6. The maximum absolute atomic E-state index is 12.7. The molecule has 0 radical (unpaired) electrons. The molecule has 0 bridgehead atoms. The van der Waals surface area contributed by atoms with E-state index in [1.807, 2.05) is 24.3 Å². The number of benzene rings is 2. The molecule has 4 aliphatic heterocycles. The van der Waals surface area contributed by atoms with Gasteiger partial charge in [0, 0.05) is 117 Å². The Morgan fingerprint density at radius 2 is 1.00 bits per heavy atom. The van der Waals surface area contributed by atoms with Crippen LogP contribution in [0.5, 0.6) is 0 Å². The summed E-state index contributed by atoms with van der Waals surface area (Å²) in [5, 5.41) is 10.2. The zero-order valence-corrected chi connectivity index (χ0v) is 35.8. The summed E-state index contributed by atoms with van der Waals surface area (Å²) in [6.07, 6.45) is 0.277. The number of Topliss-reactive ketones (excluding diaryl/α,β-unsaturated/α-hetero) is 2. The Bertz CT molecular complexity index is 1870. The van der Waals surface area contributed by atoms with Gasteiger partial charge < -0.3 is 41.3 Å². The summed E-state index contributed by atoms with van der Waals surface area (Å²) in [5.74, 6) is -1.66. The van der Waals surface area contributed by atoms with Crippen molar-refractivity contribution < 1.29 is 33.6 Å². The number of hydrogen-bond donors (Lipinski definition) is 4. The normalized spacial score (nSPS) is 21.8. The van der Waals surface area contributed by atoms with Gasteiger partial charge in [-0.05, 0) is 49.2 Å². The van der Waals surface area contributed by atoms with Gasteiger partial charge in [0.2, 0.25) is 29.5 Å². The van der Waals surface area contributed by atoms with E-state index in [9.17, 15) is 33.6 Å². The molecule has 5 N–H and O–H groups in total. The van der Waals surface area contributed by atoms with Crippen LogP contribution < -0.4 is 31.5 Å². The molecule has 58 heavy (non-hydrogen) atoms. The molecule has 20 heteroatoms. The number of ketones is 2. The number of carbonyl (C=O) groups is 7. The van der Waals surface area contributed by atoms with Crippen molar-refractivity contribution in [3.63, 3.8) is 0 Å². The summed E-state index contributed by atoms with van der Waals surface area (Å²) in [6.45, 7) is 6.14. The fourth-order valence-electron chi connectivity index (χ4n) is 7.40. The van der Waals surface area contributed by atoms with Crippen molar-refractivity contribution in [2.24, 2.45) is 5.73 Å². The Morgan fingerprint density at radius 1 is 0.638 bits per heavy atom. The molecule has 2 aromatic carbocycles. The predicted octanol–water partition coefficient (Wildman–Crippen LogP) is 3.02. The van der Waals surface area contributed by atoms with E-state index in [1.165, 1.54) is 6.92 Å². The summed E-state index contributed by atoms with van der Waals surface area (Å²) >= 11 is 24.3. The van der Waals surface area contributed by atoms with Crippen molar-refractivity contribution >= 4 is 111 Å². The van der Waals surface area contributed by atoms with Crippen LogP contribution in [0.2, 0.25) is 20.1 Å². The number of nitrogens with two attached hydrogens (primary N) is 1. The highest BCUT2D eigenvalue weighted by atomic mass is 35.5. The number of rotatable bonds is 11. The number of nitrogens with zero attached hydrogens (tertiary/aromatic N) is 4. The number of piperazine rings is 2. The van der Waals surface area contributed by atoms with Crippen LogP contribution in [0.25, 0.3) is 0 Å². The van der Waals surface area contributed by atoms with Crippen LogP contribution in [0, 0.1) is 0 Å². The highest BCUT2D eigenvalue weighted by Crippen LogP contribution is 2.29. The Morgan fingerprint density at radius 3 is 1.33 bits per heavy atom. The highest BCUT2D eigenvalue weighted by Gasteiger charge is 2.46. The minimum atomic E-state index is -1.21. The van der Waals surface area contributed by atoms with Gasteiger partial charge in [0.25, 0.3) is 0 Å². The van der Waals surface area contributed by atoms with Crippen LogP contribution in [-0.2, 0) is 33.6 Å². The third kappa shape index (κ3) is 11.9. The van der Waals surface area contributed by atoms with Crippen LogP contribution in [0.3, 0.4) is 0 Å². The first kappa shape index (κ1) is 46.8. The maximum atomic E-state index is 12.7. The average Bonchev–Trinajstić information content (AvgIpc) is 3.62. The first-order valence-corrected chi connectivity index (χ1v) is 20.1. The van der Waals surface area contributed by atoms with E-state index in [2.05, 4.69) is 25.8 Å². The van der Waals surface area contributed by atoms with E-state index in [-0.39, 0.29) is 105 Å². The molecule has 15 nitrogen and oxygen atoms in total. The van der Waals surface area contributed by atoms with E-state index < -0.39 is 11.1 Å². The molecule has 0 aliphatic carbocycles. The minimum Gasteiger partial charge on any atom is -0.368 e. The van der Waals surface area contributed by atoms with Crippen molar-refractivity contribution in [1.82, 2.24) is 25.8 Å². The zero-order valence-electron chi connectivity index (χ0n) is 31.9. The monoisotopic (exact) mass is 902 g/mol. The fraction of sp³-hybridized carbons (Fsp3) is 0.500. The molecule has 0 aromatic heterocycles. The van der Waals surface area contributed by atoms with Crippen LogP contribution in [0.1, 0.15) is 45.4 Å². The quantitative estimate of drug-likeness (QED) is 0.244. The van der Waals surface area contributed by atoms with E-state index >= 15 is 0 Å². The first-order chi connectivity index (χ1) is 27.0. The average molecular weight is 905 g/mol. The largest absolute Gasteiger partial charge is 0.368 e. The lowest BCUT2D eigenvalue weighted by Gasteiger charge is -2.37. The summed E-state index contributed by atoms with van der Waals surface area (Å²) in [5.41, 5.74) is 5.24. The van der Waals surface area contributed by atoms with Crippen molar-refractivity contribution in [2.75, 3.05) is 75.2 Å². The van der Waals surface area contributed by atoms with E-state index in [4.69, 9.17) is 52.1 Å². The van der Waals surface area contributed by atoms with Crippen LogP contribution in [0.4, 0.5) is 11.4 Å². The summed E-state index contributed by atoms with van der Waals surface area (Å²) in [6, 6.07) is 10.7. The lowest BCUT2D eigenvalue weighted by atomic mass is 9.89. The number of carbonyl (C=O) groups excluding carboxylic acids is 7. The van der Waals surface area contributed by atoms with Crippen molar-refractivity contribution in [1.29, 1.82) is 0 Å².